The van der Waals surface area contributed by atoms with Crippen LogP contribution in [0.5, 0.6) is 5.75 Å². The van der Waals surface area contributed by atoms with E-state index in [0.29, 0.717) is 5.56 Å². The van der Waals surface area contributed by atoms with Gasteiger partial charge in [-0.25, -0.2) is 9.79 Å². The number of amides is 1. The van der Waals surface area contributed by atoms with Crippen LogP contribution in [0.15, 0.2) is 47.1 Å². The summed E-state index contributed by atoms with van der Waals surface area (Å²) in [4.78, 5) is 27.8. The number of likely N-dealkylation sites (N-methyl/N-ethyl adjacent to an activating group) is 1. The summed E-state index contributed by atoms with van der Waals surface area (Å²) in [7, 11) is 1.52. The third kappa shape index (κ3) is 2.92. The summed E-state index contributed by atoms with van der Waals surface area (Å²) in [6.45, 7) is 0. The highest BCUT2D eigenvalue weighted by atomic mass is 16.4. The molecule has 0 aromatic heterocycles. The molecule has 20 heavy (non-hydrogen) atoms. The van der Waals surface area contributed by atoms with Crippen LogP contribution in [-0.4, -0.2) is 39.9 Å². The standard InChI is InChI=1S/C14H12N2O4/c1-16-12(6-7-13(18)19)15-11(14(16)20)8-9-2-4-10(17)5-3-9/h2-8,17H,1H3,(H,18,19)/b7-6+,11-8-. The molecule has 2 rings (SSSR count). The van der Waals surface area contributed by atoms with Gasteiger partial charge in [-0.3, -0.25) is 9.69 Å². The number of phenolic OH excluding ortho intramolecular Hbond substituents is 1. The number of phenols is 1. The van der Waals surface area contributed by atoms with E-state index in [2.05, 4.69) is 4.99 Å². The van der Waals surface area contributed by atoms with Crippen molar-refractivity contribution >= 4 is 23.8 Å². The van der Waals surface area contributed by atoms with Gasteiger partial charge in [-0.05, 0) is 29.8 Å². The molecule has 6 heteroatoms. The molecule has 1 aliphatic rings. The van der Waals surface area contributed by atoms with Crippen molar-refractivity contribution in [1.29, 1.82) is 0 Å². The minimum absolute atomic E-state index is 0.135. The van der Waals surface area contributed by atoms with Crippen molar-refractivity contribution < 1.29 is 19.8 Å². The van der Waals surface area contributed by atoms with Gasteiger partial charge in [0.2, 0.25) is 0 Å². The van der Waals surface area contributed by atoms with Crippen molar-refractivity contribution in [2.24, 2.45) is 4.99 Å². The van der Waals surface area contributed by atoms with Crippen molar-refractivity contribution in [3.8, 4) is 5.75 Å². The molecule has 0 saturated heterocycles. The zero-order valence-corrected chi connectivity index (χ0v) is 10.6. The van der Waals surface area contributed by atoms with Gasteiger partial charge >= 0.3 is 5.97 Å². The molecular weight excluding hydrogens is 260 g/mol. The Morgan fingerprint density at radius 2 is 1.95 bits per heavy atom. The lowest BCUT2D eigenvalue weighted by atomic mass is 10.2. The number of hydrogen-bond acceptors (Lipinski definition) is 4. The maximum absolute atomic E-state index is 11.9. The maximum Gasteiger partial charge on any atom is 0.328 e. The van der Waals surface area contributed by atoms with E-state index in [1.807, 2.05) is 0 Å². The van der Waals surface area contributed by atoms with E-state index in [9.17, 15) is 14.7 Å². The molecule has 102 valence electrons. The van der Waals surface area contributed by atoms with E-state index >= 15 is 0 Å². The van der Waals surface area contributed by atoms with Gasteiger partial charge in [-0.1, -0.05) is 12.1 Å². The lowest BCUT2D eigenvalue weighted by molar-refractivity contribution is -0.131. The molecule has 0 bridgehead atoms. The number of amidine groups is 1. The number of aliphatic imine (C=N–C) groups is 1. The molecule has 1 aromatic rings. The van der Waals surface area contributed by atoms with Crippen LogP contribution in [0.3, 0.4) is 0 Å². The lowest BCUT2D eigenvalue weighted by Gasteiger charge is -2.06. The first-order chi connectivity index (χ1) is 9.47. The summed E-state index contributed by atoms with van der Waals surface area (Å²) < 4.78 is 0. The van der Waals surface area contributed by atoms with Crippen LogP contribution in [0.2, 0.25) is 0 Å². The Morgan fingerprint density at radius 3 is 2.55 bits per heavy atom. The minimum Gasteiger partial charge on any atom is -0.508 e. The Hall–Kier alpha value is -2.89. The number of aliphatic carboxylic acids is 1. The van der Waals surface area contributed by atoms with Gasteiger partial charge in [-0.2, -0.15) is 0 Å². The SMILES string of the molecule is CN1C(=O)/C(=C/c2ccc(O)cc2)N=C1/C=C/C(=O)O. The summed E-state index contributed by atoms with van der Waals surface area (Å²) in [5.74, 6) is -1.02. The molecule has 2 N–H and O–H groups in total. The molecule has 1 heterocycles. The average Bonchev–Trinajstić information content (AvgIpc) is 2.67. The lowest BCUT2D eigenvalue weighted by Crippen LogP contribution is -2.26. The molecule has 0 fully saturated rings. The topological polar surface area (TPSA) is 90.2 Å². The number of benzene rings is 1. The van der Waals surface area contributed by atoms with E-state index in [-0.39, 0.29) is 23.2 Å². The monoisotopic (exact) mass is 272 g/mol. The third-order valence-electron chi connectivity index (χ3n) is 2.67. The number of nitrogens with zero attached hydrogens (tertiary/aromatic N) is 2. The van der Waals surface area contributed by atoms with E-state index in [4.69, 9.17) is 5.11 Å². The van der Waals surface area contributed by atoms with Crippen molar-refractivity contribution in [3.05, 3.63) is 47.7 Å². The Labute approximate surface area is 115 Å². The highest BCUT2D eigenvalue weighted by Crippen LogP contribution is 2.19. The smallest absolute Gasteiger partial charge is 0.328 e. The van der Waals surface area contributed by atoms with Crippen LogP contribution in [-0.2, 0) is 9.59 Å². The van der Waals surface area contributed by atoms with Crippen LogP contribution in [0.4, 0.5) is 0 Å². The summed E-state index contributed by atoms with van der Waals surface area (Å²) in [5.41, 5.74) is 0.926. The van der Waals surface area contributed by atoms with Crippen LogP contribution in [0, 0.1) is 0 Å². The highest BCUT2D eigenvalue weighted by molar-refractivity contribution is 6.18. The maximum atomic E-state index is 11.9. The Morgan fingerprint density at radius 1 is 1.30 bits per heavy atom. The number of aromatic hydroxyl groups is 1. The zero-order chi connectivity index (χ0) is 14.7. The molecule has 0 atom stereocenters. The summed E-state index contributed by atoms with van der Waals surface area (Å²) in [6, 6.07) is 6.31. The van der Waals surface area contributed by atoms with Crippen LogP contribution >= 0.6 is 0 Å². The van der Waals surface area contributed by atoms with Crippen molar-refractivity contribution in [2.45, 2.75) is 0 Å². The molecular formula is C14H12N2O4. The second-order valence-electron chi connectivity index (χ2n) is 4.13. The Bertz CT molecular complexity index is 642. The van der Waals surface area contributed by atoms with Gasteiger partial charge < -0.3 is 10.2 Å². The molecule has 0 aliphatic carbocycles. The molecule has 0 radical (unpaired) electrons. The Balaban J connectivity index is 2.30. The number of carboxylic acids is 1. The molecule has 1 aliphatic heterocycles. The number of carbonyl (C=O) groups is 2. The fraction of sp³-hybridized carbons (Fsp3) is 0.0714. The van der Waals surface area contributed by atoms with Crippen LogP contribution in [0.25, 0.3) is 6.08 Å². The van der Waals surface area contributed by atoms with E-state index in [1.165, 1.54) is 30.2 Å². The predicted molar refractivity (Wildman–Crippen MR) is 73.1 cm³/mol. The van der Waals surface area contributed by atoms with Gasteiger partial charge in [0, 0.05) is 13.1 Å². The van der Waals surface area contributed by atoms with Crippen LogP contribution < -0.4 is 0 Å². The van der Waals surface area contributed by atoms with Crippen molar-refractivity contribution in [3.63, 3.8) is 0 Å². The summed E-state index contributed by atoms with van der Waals surface area (Å²) >= 11 is 0. The first-order valence-corrected chi connectivity index (χ1v) is 5.76. The molecule has 0 spiro atoms. The summed E-state index contributed by atoms with van der Waals surface area (Å²) in [6.07, 6.45) is 3.75. The minimum atomic E-state index is -1.11. The quantitative estimate of drug-likeness (QED) is 0.810. The fourth-order valence-electron chi connectivity index (χ4n) is 1.64. The van der Waals surface area contributed by atoms with E-state index in [1.54, 1.807) is 18.2 Å². The highest BCUT2D eigenvalue weighted by Gasteiger charge is 2.25. The van der Waals surface area contributed by atoms with Crippen LogP contribution in [0.1, 0.15) is 5.56 Å². The average molecular weight is 272 g/mol. The number of rotatable bonds is 3. The Kier molecular flexibility index (Phi) is 3.65. The van der Waals surface area contributed by atoms with Gasteiger partial charge in [0.1, 0.15) is 17.3 Å². The van der Waals surface area contributed by atoms with Crippen molar-refractivity contribution in [2.75, 3.05) is 7.05 Å². The second kappa shape index (κ2) is 5.40. The largest absolute Gasteiger partial charge is 0.508 e. The van der Waals surface area contributed by atoms with Gasteiger partial charge in [0.25, 0.3) is 5.91 Å². The molecule has 1 amide bonds. The van der Waals surface area contributed by atoms with E-state index in [0.717, 1.165) is 6.08 Å². The van der Waals surface area contributed by atoms with E-state index < -0.39 is 5.97 Å². The first-order valence-electron chi connectivity index (χ1n) is 5.76. The third-order valence-corrected chi connectivity index (χ3v) is 2.67. The molecule has 0 saturated carbocycles. The van der Waals surface area contributed by atoms with Gasteiger partial charge in [-0.15, -0.1) is 0 Å². The molecule has 0 unspecified atom stereocenters. The number of hydrogen-bond donors (Lipinski definition) is 2. The number of carbonyl (C=O) groups excluding carboxylic acids is 1. The van der Waals surface area contributed by atoms with Gasteiger partial charge in [0.15, 0.2) is 0 Å². The predicted octanol–water partition coefficient (Wildman–Crippen LogP) is 1.24. The number of carboxylic acid groups (broad SMARTS) is 1. The molecule has 1 aromatic carbocycles. The fourth-order valence-corrected chi connectivity index (χ4v) is 1.64. The first kappa shape index (κ1) is 13.5. The summed E-state index contributed by atoms with van der Waals surface area (Å²) in [5, 5.41) is 17.8. The zero-order valence-electron chi connectivity index (χ0n) is 10.6. The second-order valence-corrected chi connectivity index (χ2v) is 4.13. The van der Waals surface area contributed by atoms with Crippen molar-refractivity contribution in [1.82, 2.24) is 4.90 Å². The normalized spacial score (nSPS) is 17.1. The molecule has 6 nitrogen and oxygen atoms in total. The van der Waals surface area contributed by atoms with Gasteiger partial charge in [0.05, 0.1) is 0 Å².